The fraction of sp³-hybridized carbons (Fsp3) is 0.556. The van der Waals surface area contributed by atoms with Crippen molar-refractivity contribution in [2.45, 2.75) is 38.7 Å². The maximum absolute atomic E-state index is 12.9. The predicted molar refractivity (Wildman–Crippen MR) is 88.6 cm³/mol. The molecule has 0 unspecified atom stereocenters. The number of hydrogen-bond donors (Lipinski definition) is 0. The molecule has 5 heteroatoms. The maximum Gasteiger partial charge on any atom is 0.269 e. The van der Waals surface area contributed by atoms with Crippen LogP contribution in [0.5, 0.6) is 5.75 Å². The molecule has 2 heterocycles. The van der Waals surface area contributed by atoms with Crippen LogP contribution in [-0.4, -0.2) is 42.3 Å². The molecule has 0 aliphatic carbocycles. The summed E-state index contributed by atoms with van der Waals surface area (Å²) in [6.45, 7) is 5.67. The van der Waals surface area contributed by atoms with Crippen LogP contribution in [0.1, 0.15) is 38.7 Å². The van der Waals surface area contributed by atoms with Crippen LogP contribution in [0.4, 0.5) is 0 Å². The van der Waals surface area contributed by atoms with Crippen molar-refractivity contribution < 1.29 is 14.4 Å². The summed E-state index contributed by atoms with van der Waals surface area (Å²) < 4.78 is 5.17. The first-order valence-electron chi connectivity index (χ1n) is 8.21. The molecule has 2 aliphatic rings. The number of hydrogen-bond acceptors (Lipinski definition) is 4. The summed E-state index contributed by atoms with van der Waals surface area (Å²) >= 11 is 0. The summed E-state index contributed by atoms with van der Waals surface area (Å²) in [5.74, 6) is 1.41. The molecule has 1 aromatic rings. The molecule has 2 atom stereocenters. The minimum absolute atomic E-state index is 0.0521. The molecule has 0 bridgehead atoms. The molecule has 0 aromatic heterocycles. The Labute approximate surface area is 137 Å². The third kappa shape index (κ3) is 3.19. The Hall–Kier alpha value is -2.04. The van der Waals surface area contributed by atoms with Crippen molar-refractivity contribution in [3.05, 3.63) is 29.8 Å². The first-order valence-corrected chi connectivity index (χ1v) is 8.21. The van der Waals surface area contributed by atoms with E-state index in [9.17, 15) is 4.79 Å². The van der Waals surface area contributed by atoms with E-state index in [2.05, 4.69) is 12.1 Å². The van der Waals surface area contributed by atoms with Crippen molar-refractivity contribution in [3.63, 3.8) is 0 Å². The number of ether oxygens (including phenoxy) is 1. The molecule has 5 nitrogen and oxygen atoms in total. The van der Waals surface area contributed by atoms with Gasteiger partial charge in [-0.05, 0) is 55.5 Å². The Balaban J connectivity index is 1.69. The van der Waals surface area contributed by atoms with Crippen LogP contribution >= 0.6 is 0 Å². The molecule has 0 spiro atoms. The van der Waals surface area contributed by atoms with Gasteiger partial charge in [-0.25, -0.2) is 0 Å². The third-order valence-corrected chi connectivity index (χ3v) is 4.68. The van der Waals surface area contributed by atoms with Gasteiger partial charge in [0.05, 0.1) is 12.8 Å². The first-order chi connectivity index (χ1) is 11.0. The number of methoxy groups -OCH3 is 1. The van der Waals surface area contributed by atoms with Crippen LogP contribution in [0.2, 0.25) is 0 Å². The second-order valence-electron chi connectivity index (χ2n) is 6.76. The van der Waals surface area contributed by atoms with E-state index in [0.29, 0.717) is 12.3 Å². The smallest absolute Gasteiger partial charge is 0.269 e. The highest BCUT2D eigenvalue weighted by Gasteiger charge is 2.45. The summed E-state index contributed by atoms with van der Waals surface area (Å²) in [5, 5.41) is 4.18. The SMILES string of the molecule is COc1ccc(C2=NO[C@](C)(C(=O)N3CCC[C@@H](C)C3)C2)cc1. The molecule has 0 N–H and O–H groups in total. The Bertz CT molecular complexity index is 611. The van der Waals surface area contributed by atoms with E-state index in [4.69, 9.17) is 9.57 Å². The first kappa shape index (κ1) is 15.8. The Morgan fingerprint density at radius 1 is 1.39 bits per heavy atom. The van der Waals surface area contributed by atoms with Crippen LogP contribution in [0, 0.1) is 5.92 Å². The average Bonchev–Trinajstić information content (AvgIpc) is 2.98. The Morgan fingerprint density at radius 2 is 2.13 bits per heavy atom. The number of likely N-dealkylation sites (tertiary alicyclic amines) is 1. The standard InChI is InChI=1S/C18H24N2O3/c1-13-5-4-10-20(12-13)17(21)18(2)11-16(19-23-18)14-6-8-15(22-3)9-7-14/h6-9,13H,4-5,10-12H2,1-3H3/t13-,18+/m1/s1. The van der Waals surface area contributed by atoms with E-state index >= 15 is 0 Å². The maximum atomic E-state index is 12.9. The molecule has 1 aromatic carbocycles. The van der Waals surface area contributed by atoms with E-state index in [-0.39, 0.29) is 5.91 Å². The van der Waals surface area contributed by atoms with E-state index < -0.39 is 5.60 Å². The topological polar surface area (TPSA) is 51.1 Å². The third-order valence-electron chi connectivity index (χ3n) is 4.68. The number of oxime groups is 1. The van der Waals surface area contributed by atoms with Crippen molar-refractivity contribution in [2.24, 2.45) is 11.1 Å². The molecule has 1 saturated heterocycles. The van der Waals surface area contributed by atoms with Crippen molar-refractivity contribution in [1.82, 2.24) is 4.90 Å². The molecule has 1 amide bonds. The second kappa shape index (κ2) is 6.22. The van der Waals surface area contributed by atoms with Gasteiger partial charge in [-0.15, -0.1) is 0 Å². The number of nitrogens with zero attached hydrogens (tertiary/aromatic N) is 2. The molecule has 0 radical (unpaired) electrons. The summed E-state index contributed by atoms with van der Waals surface area (Å²) in [7, 11) is 1.64. The highest BCUT2D eigenvalue weighted by molar-refractivity contribution is 6.05. The number of carbonyl (C=O) groups is 1. The number of carbonyl (C=O) groups excluding carboxylic acids is 1. The Morgan fingerprint density at radius 3 is 2.78 bits per heavy atom. The zero-order valence-corrected chi connectivity index (χ0v) is 14.0. The highest BCUT2D eigenvalue weighted by atomic mass is 16.7. The summed E-state index contributed by atoms with van der Waals surface area (Å²) in [6, 6.07) is 7.67. The molecule has 124 valence electrons. The number of amides is 1. The van der Waals surface area contributed by atoms with Gasteiger partial charge >= 0.3 is 0 Å². The minimum atomic E-state index is -0.883. The van der Waals surface area contributed by atoms with Gasteiger partial charge in [0.1, 0.15) is 5.75 Å². The van der Waals surface area contributed by atoms with Gasteiger partial charge in [0.25, 0.3) is 5.91 Å². The number of rotatable bonds is 3. The minimum Gasteiger partial charge on any atom is -0.497 e. The van der Waals surface area contributed by atoms with E-state index in [1.807, 2.05) is 36.1 Å². The van der Waals surface area contributed by atoms with E-state index in [0.717, 1.165) is 36.5 Å². The van der Waals surface area contributed by atoms with Crippen LogP contribution in [0.3, 0.4) is 0 Å². The van der Waals surface area contributed by atoms with Crippen LogP contribution in [0.25, 0.3) is 0 Å². The summed E-state index contributed by atoms with van der Waals surface area (Å²) in [4.78, 5) is 20.4. The lowest BCUT2D eigenvalue weighted by Crippen LogP contribution is -2.50. The zero-order chi connectivity index (χ0) is 16.4. The van der Waals surface area contributed by atoms with Gasteiger partial charge in [-0.2, -0.15) is 0 Å². The van der Waals surface area contributed by atoms with Crippen LogP contribution < -0.4 is 4.74 Å². The van der Waals surface area contributed by atoms with Gasteiger partial charge in [0.2, 0.25) is 5.60 Å². The van der Waals surface area contributed by atoms with Gasteiger partial charge < -0.3 is 14.5 Å². The lowest BCUT2D eigenvalue weighted by molar-refractivity contribution is -0.155. The van der Waals surface area contributed by atoms with E-state index in [1.54, 1.807) is 7.11 Å². The highest BCUT2D eigenvalue weighted by Crippen LogP contribution is 2.30. The lowest BCUT2D eigenvalue weighted by Gasteiger charge is -2.35. The van der Waals surface area contributed by atoms with Gasteiger partial charge in [0.15, 0.2) is 0 Å². The normalized spacial score (nSPS) is 27.3. The van der Waals surface area contributed by atoms with Gasteiger partial charge in [0, 0.05) is 19.5 Å². The van der Waals surface area contributed by atoms with Crippen molar-refractivity contribution in [3.8, 4) is 5.75 Å². The quantitative estimate of drug-likeness (QED) is 0.861. The fourth-order valence-corrected chi connectivity index (χ4v) is 3.30. The Kier molecular flexibility index (Phi) is 4.28. The molecule has 23 heavy (non-hydrogen) atoms. The molecular weight excluding hydrogens is 292 g/mol. The van der Waals surface area contributed by atoms with E-state index in [1.165, 1.54) is 6.42 Å². The fourth-order valence-electron chi connectivity index (χ4n) is 3.30. The van der Waals surface area contributed by atoms with Gasteiger partial charge in [-0.1, -0.05) is 12.1 Å². The molecule has 3 rings (SSSR count). The average molecular weight is 316 g/mol. The van der Waals surface area contributed by atoms with Crippen LogP contribution in [-0.2, 0) is 9.63 Å². The van der Waals surface area contributed by atoms with Crippen molar-refractivity contribution in [2.75, 3.05) is 20.2 Å². The molecule has 1 fully saturated rings. The summed E-state index contributed by atoms with van der Waals surface area (Å²) in [5.41, 5.74) is 0.898. The molecule has 0 saturated carbocycles. The molecular formula is C18H24N2O3. The largest absolute Gasteiger partial charge is 0.497 e. The predicted octanol–water partition coefficient (Wildman–Crippen LogP) is 2.84. The lowest BCUT2D eigenvalue weighted by atomic mass is 9.92. The second-order valence-corrected chi connectivity index (χ2v) is 6.76. The van der Waals surface area contributed by atoms with Crippen molar-refractivity contribution in [1.29, 1.82) is 0 Å². The number of piperidine rings is 1. The van der Waals surface area contributed by atoms with Crippen molar-refractivity contribution >= 4 is 11.6 Å². The van der Waals surface area contributed by atoms with Gasteiger partial charge in [-0.3, -0.25) is 4.79 Å². The number of benzene rings is 1. The summed E-state index contributed by atoms with van der Waals surface area (Å²) in [6.07, 6.45) is 2.76. The zero-order valence-electron chi connectivity index (χ0n) is 14.0. The monoisotopic (exact) mass is 316 g/mol. The van der Waals surface area contributed by atoms with Crippen LogP contribution in [0.15, 0.2) is 29.4 Å². The molecule has 2 aliphatic heterocycles.